The molecule has 0 bridgehead atoms. The third-order valence-corrected chi connectivity index (χ3v) is 2.90. The first-order valence-electron chi connectivity index (χ1n) is 4.20. The van der Waals surface area contributed by atoms with Gasteiger partial charge in [-0.15, -0.1) is 11.3 Å². The number of halogens is 5. The Morgan fingerprint density at radius 2 is 1.71 bits per heavy atom. The van der Waals surface area contributed by atoms with Gasteiger partial charge in [0.2, 0.25) is 0 Å². The van der Waals surface area contributed by atoms with E-state index in [2.05, 4.69) is 10.3 Å². The first-order chi connectivity index (χ1) is 7.99. The predicted octanol–water partition coefficient (Wildman–Crippen LogP) is 4.10. The molecule has 2 rings (SSSR count). The van der Waals surface area contributed by atoms with Gasteiger partial charge in [-0.3, -0.25) is 0 Å². The SMILES string of the molecule is Fc1cc(F)c(F)c(Nc2nc(Cl)cs2)c1F. The van der Waals surface area contributed by atoms with Crippen LogP contribution in [0.5, 0.6) is 0 Å². The van der Waals surface area contributed by atoms with Crippen LogP contribution in [0.25, 0.3) is 0 Å². The first kappa shape index (κ1) is 12.1. The van der Waals surface area contributed by atoms with Crippen LogP contribution in [0.15, 0.2) is 11.4 Å². The summed E-state index contributed by atoms with van der Waals surface area (Å²) in [5.74, 6) is -6.02. The highest BCUT2D eigenvalue weighted by molar-refractivity contribution is 7.14. The maximum Gasteiger partial charge on any atom is 0.188 e. The van der Waals surface area contributed by atoms with Crippen molar-refractivity contribution in [1.29, 1.82) is 0 Å². The van der Waals surface area contributed by atoms with Crippen LogP contribution in [0.4, 0.5) is 28.4 Å². The second-order valence-corrected chi connectivity index (χ2v) is 4.19. The number of thiazole rings is 1. The Morgan fingerprint density at radius 1 is 1.12 bits per heavy atom. The molecule has 0 unspecified atom stereocenters. The molecule has 0 aliphatic carbocycles. The molecule has 0 aliphatic rings. The Morgan fingerprint density at radius 3 is 2.18 bits per heavy atom. The Labute approximate surface area is 102 Å². The molecular weight excluding hydrogens is 280 g/mol. The van der Waals surface area contributed by atoms with E-state index in [0.717, 1.165) is 11.3 Å². The van der Waals surface area contributed by atoms with E-state index in [-0.39, 0.29) is 16.4 Å². The number of benzene rings is 1. The molecule has 17 heavy (non-hydrogen) atoms. The quantitative estimate of drug-likeness (QED) is 0.663. The van der Waals surface area contributed by atoms with Gasteiger partial charge >= 0.3 is 0 Å². The second kappa shape index (κ2) is 4.50. The highest BCUT2D eigenvalue weighted by atomic mass is 35.5. The lowest BCUT2D eigenvalue weighted by Gasteiger charge is -2.06. The number of nitrogens with zero attached hydrogens (tertiary/aromatic N) is 1. The van der Waals surface area contributed by atoms with E-state index < -0.39 is 29.0 Å². The summed E-state index contributed by atoms with van der Waals surface area (Å²) < 4.78 is 52.2. The fourth-order valence-corrected chi connectivity index (χ4v) is 1.94. The van der Waals surface area contributed by atoms with Crippen LogP contribution in [-0.2, 0) is 0 Å². The predicted molar refractivity (Wildman–Crippen MR) is 56.7 cm³/mol. The fourth-order valence-electron chi connectivity index (χ4n) is 1.10. The largest absolute Gasteiger partial charge is 0.326 e. The Hall–Kier alpha value is -1.34. The summed E-state index contributed by atoms with van der Waals surface area (Å²) in [6.45, 7) is 0. The molecule has 2 nitrogen and oxygen atoms in total. The lowest BCUT2D eigenvalue weighted by Crippen LogP contribution is -2.02. The molecule has 90 valence electrons. The summed E-state index contributed by atoms with van der Waals surface area (Å²) in [7, 11) is 0. The highest BCUT2D eigenvalue weighted by Crippen LogP contribution is 2.29. The summed E-state index contributed by atoms with van der Waals surface area (Å²) in [4.78, 5) is 3.64. The first-order valence-corrected chi connectivity index (χ1v) is 5.46. The van der Waals surface area contributed by atoms with E-state index in [9.17, 15) is 17.6 Å². The summed E-state index contributed by atoms with van der Waals surface area (Å²) >= 11 is 6.43. The maximum atomic E-state index is 13.2. The minimum Gasteiger partial charge on any atom is -0.326 e. The summed E-state index contributed by atoms with van der Waals surface area (Å²) in [5, 5.41) is 3.67. The summed E-state index contributed by atoms with van der Waals surface area (Å²) in [5.41, 5.74) is -0.937. The lowest BCUT2D eigenvalue weighted by molar-refractivity contribution is 0.459. The van der Waals surface area contributed by atoms with Crippen LogP contribution >= 0.6 is 22.9 Å². The third kappa shape index (κ3) is 2.34. The van der Waals surface area contributed by atoms with Crippen molar-refractivity contribution in [1.82, 2.24) is 4.98 Å². The number of hydrogen-bond acceptors (Lipinski definition) is 3. The van der Waals surface area contributed by atoms with Crippen LogP contribution < -0.4 is 5.32 Å². The molecular formula is C9H3ClF4N2S. The third-order valence-electron chi connectivity index (χ3n) is 1.82. The van der Waals surface area contributed by atoms with Crippen molar-refractivity contribution in [3.63, 3.8) is 0 Å². The van der Waals surface area contributed by atoms with Crippen molar-refractivity contribution in [2.75, 3.05) is 5.32 Å². The van der Waals surface area contributed by atoms with Gasteiger partial charge in [-0.1, -0.05) is 11.6 Å². The molecule has 0 saturated heterocycles. The Balaban J connectivity index is 2.45. The van der Waals surface area contributed by atoms with E-state index >= 15 is 0 Å². The van der Waals surface area contributed by atoms with Gasteiger partial charge < -0.3 is 5.32 Å². The van der Waals surface area contributed by atoms with Gasteiger partial charge in [-0.05, 0) is 0 Å². The van der Waals surface area contributed by atoms with Crippen molar-refractivity contribution in [2.24, 2.45) is 0 Å². The van der Waals surface area contributed by atoms with Crippen LogP contribution in [0.2, 0.25) is 5.15 Å². The number of nitrogens with one attached hydrogen (secondary N) is 1. The normalized spacial score (nSPS) is 10.6. The second-order valence-electron chi connectivity index (χ2n) is 2.94. The smallest absolute Gasteiger partial charge is 0.188 e. The van der Waals surface area contributed by atoms with Gasteiger partial charge in [0.15, 0.2) is 28.4 Å². The summed E-state index contributed by atoms with van der Waals surface area (Å²) in [6, 6.07) is 0.130. The van der Waals surface area contributed by atoms with Crippen molar-refractivity contribution in [3.8, 4) is 0 Å². The zero-order valence-electron chi connectivity index (χ0n) is 7.90. The Kier molecular flexibility index (Phi) is 3.21. The number of anilines is 2. The Bertz CT molecular complexity index is 546. The van der Waals surface area contributed by atoms with Gasteiger partial charge in [-0.25, -0.2) is 22.5 Å². The zero-order valence-corrected chi connectivity index (χ0v) is 9.47. The molecule has 0 fully saturated rings. The number of rotatable bonds is 2. The molecule has 0 aliphatic heterocycles. The molecule has 0 saturated carbocycles. The average Bonchev–Trinajstić information content (AvgIpc) is 2.68. The molecule has 1 heterocycles. The molecule has 0 spiro atoms. The van der Waals surface area contributed by atoms with Crippen LogP contribution in [0, 0.1) is 23.3 Å². The molecule has 1 N–H and O–H groups in total. The van der Waals surface area contributed by atoms with E-state index in [4.69, 9.17) is 11.6 Å². The van der Waals surface area contributed by atoms with Gasteiger partial charge in [0.1, 0.15) is 10.8 Å². The molecule has 0 amide bonds. The van der Waals surface area contributed by atoms with Crippen molar-refractivity contribution < 1.29 is 17.6 Å². The monoisotopic (exact) mass is 282 g/mol. The van der Waals surface area contributed by atoms with E-state index in [1.54, 1.807) is 0 Å². The minimum absolute atomic E-state index is 0.0257. The van der Waals surface area contributed by atoms with Crippen LogP contribution in [-0.4, -0.2) is 4.98 Å². The standard InChI is InChI=1S/C9H3ClF4N2S/c10-5-2-17-9(15-5)16-8-6(13)3(11)1-4(12)7(8)14/h1-2H,(H,15,16). The number of aromatic nitrogens is 1. The highest BCUT2D eigenvalue weighted by Gasteiger charge is 2.19. The van der Waals surface area contributed by atoms with Crippen LogP contribution in [0.3, 0.4) is 0 Å². The van der Waals surface area contributed by atoms with Gasteiger partial charge in [0.25, 0.3) is 0 Å². The fraction of sp³-hybridized carbons (Fsp3) is 0. The lowest BCUT2D eigenvalue weighted by atomic mass is 10.2. The van der Waals surface area contributed by atoms with Gasteiger partial charge in [0.05, 0.1) is 0 Å². The van der Waals surface area contributed by atoms with E-state index in [0.29, 0.717) is 0 Å². The number of hydrogen-bond donors (Lipinski definition) is 1. The van der Waals surface area contributed by atoms with Gasteiger partial charge in [-0.2, -0.15) is 0 Å². The maximum absolute atomic E-state index is 13.2. The minimum atomic E-state index is -1.52. The molecule has 8 heteroatoms. The molecule has 0 atom stereocenters. The molecule has 1 aromatic carbocycles. The molecule has 2 aromatic rings. The molecule has 1 aromatic heterocycles. The van der Waals surface area contributed by atoms with E-state index in [1.807, 2.05) is 0 Å². The van der Waals surface area contributed by atoms with Crippen molar-refractivity contribution in [3.05, 3.63) is 39.9 Å². The van der Waals surface area contributed by atoms with Crippen LogP contribution in [0.1, 0.15) is 0 Å². The zero-order chi connectivity index (χ0) is 12.6. The van der Waals surface area contributed by atoms with Crippen molar-refractivity contribution in [2.45, 2.75) is 0 Å². The average molecular weight is 283 g/mol. The van der Waals surface area contributed by atoms with Crippen molar-refractivity contribution >= 4 is 33.8 Å². The molecule has 0 radical (unpaired) electrons. The summed E-state index contributed by atoms with van der Waals surface area (Å²) in [6.07, 6.45) is 0. The van der Waals surface area contributed by atoms with Gasteiger partial charge in [0, 0.05) is 11.4 Å². The topological polar surface area (TPSA) is 24.9 Å². The van der Waals surface area contributed by atoms with E-state index in [1.165, 1.54) is 5.38 Å².